The van der Waals surface area contributed by atoms with Crippen LogP contribution >= 0.6 is 15.9 Å². The van der Waals surface area contributed by atoms with E-state index < -0.39 is 6.04 Å². The fourth-order valence-electron chi connectivity index (χ4n) is 1.79. The molecule has 2 rings (SSSR count). The molecule has 3 N–H and O–H groups in total. The lowest BCUT2D eigenvalue weighted by Crippen LogP contribution is -2.37. The van der Waals surface area contributed by atoms with Crippen molar-refractivity contribution in [3.05, 3.63) is 58.2 Å². The predicted molar refractivity (Wildman–Crippen MR) is 83.4 cm³/mol. The molecule has 0 aliphatic carbocycles. The molecule has 0 unspecified atom stereocenters. The van der Waals surface area contributed by atoms with Gasteiger partial charge in [-0.15, -0.1) is 0 Å². The van der Waals surface area contributed by atoms with Crippen molar-refractivity contribution in [3.8, 4) is 0 Å². The van der Waals surface area contributed by atoms with Crippen LogP contribution in [0.5, 0.6) is 0 Å². The van der Waals surface area contributed by atoms with Gasteiger partial charge in [-0.05, 0) is 47.0 Å². The van der Waals surface area contributed by atoms with Gasteiger partial charge in [-0.25, -0.2) is 4.98 Å². The molecule has 0 spiro atoms. The van der Waals surface area contributed by atoms with E-state index in [0.717, 1.165) is 15.7 Å². The third-order valence-corrected chi connectivity index (χ3v) is 3.75. The first-order chi connectivity index (χ1) is 9.56. The van der Waals surface area contributed by atoms with Gasteiger partial charge in [0, 0.05) is 4.47 Å². The molecule has 1 atom stereocenters. The zero-order valence-corrected chi connectivity index (χ0v) is 12.7. The minimum absolute atomic E-state index is 0.233. The van der Waals surface area contributed by atoms with Crippen molar-refractivity contribution >= 4 is 27.7 Å². The van der Waals surface area contributed by atoms with Gasteiger partial charge in [0.25, 0.3) is 0 Å². The van der Waals surface area contributed by atoms with Crippen molar-refractivity contribution in [1.29, 1.82) is 0 Å². The number of nitrogens with two attached hydrogens (primary N) is 1. The molecule has 0 aliphatic heterocycles. The molecule has 20 heavy (non-hydrogen) atoms. The van der Waals surface area contributed by atoms with E-state index in [1.165, 1.54) is 0 Å². The van der Waals surface area contributed by atoms with Crippen LogP contribution in [0.15, 0.2) is 46.9 Å². The molecule has 4 nitrogen and oxygen atoms in total. The first kappa shape index (κ1) is 14.7. The van der Waals surface area contributed by atoms with Crippen LogP contribution in [0.4, 0.5) is 5.82 Å². The number of aromatic nitrogens is 1. The summed E-state index contributed by atoms with van der Waals surface area (Å²) < 4.78 is 0.907. The van der Waals surface area contributed by atoms with E-state index >= 15 is 0 Å². The number of nitrogens with zero attached hydrogens (tertiary/aromatic N) is 1. The van der Waals surface area contributed by atoms with E-state index in [4.69, 9.17) is 5.73 Å². The van der Waals surface area contributed by atoms with Crippen LogP contribution in [-0.2, 0) is 11.2 Å². The topological polar surface area (TPSA) is 68.0 Å². The van der Waals surface area contributed by atoms with Crippen molar-refractivity contribution in [2.45, 2.75) is 19.4 Å². The average Bonchev–Trinajstić information content (AvgIpc) is 2.44. The monoisotopic (exact) mass is 333 g/mol. The number of carbonyl (C=O) groups is 1. The summed E-state index contributed by atoms with van der Waals surface area (Å²) in [6.07, 6.45) is 0.502. The number of hydrogen-bond acceptors (Lipinski definition) is 3. The third kappa shape index (κ3) is 3.88. The van der Waals surface area contributed by atoms with Crippen molar-refractivity contribution in [1.82, 2.24) is 4.98 Å². The second kappa shape index (κ2) is 6.63. The lowest BCUT2D eigenvalue weighted by Gasteiger charge is -2.12. The maximum atomic E-state index is 12.0. The number of amides is 1. The van der Waals surface area contributed by atoms with E-state index in [0.29, 0.717) is 12.2 Å². The number of nitrogens with one attached hydrogen (secondary N) is 1. The largest absolute Gasteiger partial charge is 0.320 e. The molecule has 104 valence electrons. The Morgan fingerprint density at radius 3 is 2.65 bits per heavy atom. The molecule has 0 saturated carbocycles. The summed E-state index contributed by atoms with van der Waals surface area (Å²) in [5, 5.41) is 2.73. The van der Waals surface area contributed by atoms with Gasteiger partial charge in [0.1, 0.15) is 5.82 Å². The molecular formula is C15H16BrN3O. The van der Waals surface area contributed by atoms with Gasteiger partial charge < -0.3 is 11.1 Å². The molecular weight excluding hydrogens is 318 g/mol. The number of carbonyl (C=O) groups excluding carboxylic acids is 1. The van der Waals surface area contributed by atoms with Crippen LogP contribution in [0.3, 0.4) is 0 Å². The van der Waals surface area contributed by atoms with Crippen LogP contribution in [-0.4, -0.2) is 16.9 Å². The lowest BCUT2D eigenvalue weighted by atomic mass is 10.1. The Labute approximate surface area is 126 Å². The SMILES string of the molecule is Cc1nc(NC(=O)[C@@H](N)Cc2ccccc2)ccc1Br. The van der Waals surface area contributed by atoms with E-state index in [-0.39, 0.29) is 5.91 Å². The van der Waals surface area contributed by atoms with Gasteiger partial charge in [-0.1, -0.05) is 30.3 Å². The number of pyridine rings is 1. The number of aryl methyl sites for hydroxylation is 1. The molecule has 1 heterocycles. The highest BCUT2D eigenvalue weighted by atomic mass is 79.9. The molecule has 1 aromatic carbocycles. The zero-order valence-electron chi connectivity index (χ0n) is 11.1. The van der Waals surface area contributed by atoms with Crippen LogP contribution < -0.4 is 11.1 Å². The molecule has 0 aliphatic rings. The van der Waals surface area contributed by atoms with Crippen molar-refractivity contribution in [3.63, 3.8) is 0 Å². The van der Waals surface area contributed by atoms with Gasteiger partial charge in [0.2, 0.25) is 5.91 Å². The first-order valence-electron chi connectivity index (χ1n) is 6.30. The summed E-state index contributed by atoms with van der Waals surface area (Å²) in [6.45, 7) is 1.86. The molecule has 1 aromatic heterocycles. The van der Waals surface area contributed by atoms with E-state index in [2.05, 4.69) is 26.2 Å². The number of benzene rings is 1. The Morgan fingerprint density at radius 2 is 2.00 bits per heavy atom. The molecule has 2 aromatic rings. The highest BCUT2D eigenvalue weighted by Gasteiger charge is 2.14. The summed E-state index contributed by atoms with van der Waals surface area (Å²) in [5.41, 5.74) is 7.77. The van der Waals surface area contributed by atoms with Crippen LogP contribution in [0, 0.1) is 6.92 Å². The van der Waals surface area contributed by atoms with E-state index in [1.807, 2.05) is 43.3 Å². The second-order valence-electron chi connectivity index (χ2n) is 4.55. The number of anilines is 1. The summed E-state index contributed by atoms with van der Waals surface area (Å²) in [7, 11) is 0. The second-order valence-corrected chi connectivity index (χ2v) is 5.40. The molecule has 0 saturated heterocycles. The average molecular weight is 334 g/mol. The minimum Gasteiger partial charge on any atom is -0.320 e. The fraction of sp³-hybridized carbons (Fsp3) is 0.200. The molecule has 5 heteroatoms. The van der Waals surface area contributed by atoms with E-state index in [9.17, 15) is 4.79 Å². The minimum atomic E-state index is -0.594. The van der Waals surface area contributed by atoms with Gasteiger partial charge >= 0.3 is 0 Å². The quantitative estimate of drug-likeness (QED) is 0.903. The van der Waals surface area contributed by atoms with Crippen LogP contribution in [0.2, 0.25) is 0 Å². The predicted octanol–water partition coefficient (Wildman–Crippen LogP) is 2.66. The Balaban J connectivity index is 1.99. The van der Waals surface area contributed by atoms with Crippen molar-refractivity contribution in [2.24, 2.45) is 5.73 Å². The molecule has 0 radical (unpaired) electrons. The summed E-state index contributed by atoms with van der Waals surface area (Å²) in [6, 6.07) is 12.7. The van der Waals surface area contributed by atoms with Gasteiger partial charge in [-0.3, -0.25) is 4.79 Å². The molecule has 0 fully saturated rings. The number of hydrogen-bond donors (Lipinski definition) is 2. The van der Waals surface area contributed by atoms with Gasteiger partial charge in [0.15, 0.2) is 0 Å². The third-order valence-electron chi connectivity index (χ3n) is 2.91. The normalized spacial score (nSPS) is 11.9. The van der Waals surface area contributed by atoms with Crippen LogP contribution in [0.25, 0.3) is 0 Å². The zero-order chi connectivity index (χ0) is 14.5. The number of rotatable bonds is 4. The highest BCUT2D eigenvalue weighted by molar-refractivity contribution is 9.10. The van der Waals surface area contributed by atoms with Crippen molar-refractivity contribution in [2.75, 3.05) is 5.32 Å². The maximum absolute atomic E-state index is 12.0. The summed E-state index contributed by atoms with van der Waals surface area (Å²) >= 11 is 3.37. The van der Waals surface area contributed by atoms with E-state index in [1.54, 1.807) is 6.07 Å². The maximum Gasteiger partial charge on any atom is 0.242 e. The molecule has 1 amide bonds. The standard InChI is InChI=1S/C15H16BrN3O/c1-10-12(16)7-8-14(18-10)19-15(20)13(17)9-11-5-3-2-4-6-11/h2-8,13H,9,17H2,1H3,(H,18,19,20)/t13-/m0/s1. The Bertz CT molecular complexity index is 601. The fourth-order valence-corrected chi connectivity index (χ4v) is 2.01. The van der Waals surface area contributed by atoms with Gasteiger partial charge in [0.05, 0.1) is 11.7 Å². The molecule has 0 bridgehead atoms. The Morgan fingerprint density at radius 1 is 1.30 bits per heavy atom. The Kier molecular flexibility index (Phi) is 4.87. The lowest BCUT2D eigenvalue weighted by molar-refractivity contribution is -0.117. The highest BCUT2D eigenvalue weighted by Crippen LogP contribution is 2.16. The summed E-state index contributed by atoms with van der Waals surface area (Å²) in [4.78, 5) is 16.3. The summed E-state index contributed by atoms with van der Waals surface area (Å²) in [5.74, 6) is 0.280. The van der Waals surface area contributed by atoms with Gasteiger partial charge in [-0.2, -0.15) is 0 Å². The Hall–Kier alpha value is -1.72. The smallest absolute Gasteiger partial charge is 0.242 e. The van der Waals surface area contributed by atoms with Crippen molar-refractivity contribution < 1.29 is 4.79 Å². The first-order valence-corrected chi connectivity index (χ1v) is 7.09. The van der Waals surface area contributed by atoms with Crippen LogP contribution in [0.1, 0.15) is 11.3 Å². The number of halogens is 1.